The van der Waals surface area contributed by atoms with Crippen LogP contribution in [0.15, 0.2) is 218 Å². The first-order chi connectivity index (χ1) is 32.6. The number of rotatable bonds is 7. The fourth-order valence-electron chi connectivity index (χ4n) is 10.2. The van der Waals surface area contributed by atoms with Gasteiger partial charge in [0.25, 0.3) is 0 Å². The van der Waals surface area contributed by atoms with Crippen LogP contribution in [0.1, 0.15) is 33.9 Å². The van der Waals surface area contributed by atoms with E-state index >= 15 is 0 Å². The largest absolute Gasteiger partial charge is 0.309 e. The van der Waals surface area contributed by atoms with E-state index in [-0.39, 0.29) is 5.92 Å². The van der Waals surface area contributed by atoms with Gasteiger partial charge in [-0.25, -0.2) is 0 Å². The molecule has 0 saturated carbocycles. The van der Waals surface area contributed by atoms with Crippen molar-refractivity contribution in [2.75, 3.05) is 0 Å². The highest BCUT2D eigenvalue weighted by Gasteiger charge is 2.27. The number of allylic oxidation sites excluding steroid dienone is 1. The molecule has 0 N–H and O–H groups in total. The van der Waals surface area contributed by atoms with E-state index in [9.17, 15) is 10.5 Å². The van der Waals surface area contributed by atoms with Crippen LogP contribution in [0.2, 0.25) is 0 Å². The van der Waals surface area contributed by atoms with Gasteiger partial charge in [0.1, 0.15) is 0 Å². The van der Waals surface area contributed by atoms with Gasteiger partial charge in [0, 0.05) is 38.9 Å². The maximum atomic E-state index is 10.5. The molecule has 12 rings (SSSR count). The van der Waals surface area contributed by atoms with E-state index in [1.165, 1.54) is 27.6 Å². The molecule has 308 valence electrons. The maximum absolute atomic E-state index is 10.5. The fourth-order valence-corrected chi connectivity index (χ4v) is 10.2. The number of hydrogen-bond donors (Lipinski definition) is 0. The molecule has 0 aliphatic heterocycles. The standard InChI is InChI=1S/C62H40N4/c63-39-41-22-28-57(65-58-29-23-47(43-13-5-1-6-14-43)35-53(58)54-36-48(24-30-59(54)65)44-15-7-2-8-16-44)52(33-41)51-27-21-42(40-64)34-62(51)66-60-31-25-49(45-17-9-3-10-18-45)37-55(60)56-38-50(26-32-61(56)66)46-19-11-4-12-20-46/h1-35,37-38,48H,36H2. The number of hydrogen-bond acceptors (Lipinski definition) is 2. The zero-order valence-electron chi connectivity index (χ0n) is 35.9. The van der Waals surface area contributed by atoms with Gasteiger partial charge in [-0.1, -0.05) is 152 Å². The van der Waals surface area contributed by atoms with E-state index in [1.54, 1.807) is 0 Å². The fraction of sp³-hybridized carbons (Fsp3) is 0.0323. The molecule has 1 atom stereocenters. The molecular weight excluding hydrogens is 801 g/mol. The third-order valence-electron chi connectivity index (χ3n) is 13.4. The highest BCUT2D eigenvalue weighted by atomic mass is 15.0. The van der Waals surface area contributed by atoms with E-state index in [0.29, 0.717) is 11.1 Å². The first-order valence-electron chi connectivity index (χ1n) is 22.4. The Labute approximate surface area is 383 Å². The van der Waals surface area contributed by atoms with Crippen LogP contribution in [0.5, 0.6) is 0 Å². The van der Waals surface area contributed by atoms with Crippen LogP contribution in [-0.4, -0.2) is 9.13 Å². The van der Waals surface area contributed by atoms with Crippen molar-refractivity contribution in [1.82, 2.24) is 9.13 Å². The summed E-state index contributed by atoms with van der Waals surface area (Å²) < 4.78 is 4.70. The van der Waals surface area contributed by atoms with Gasteiger partial charge < -0.3 is 9.13 Å². The topological polar surface area (TPSA) is 57.4 Å². The second-order valence-electron chi connectivity index (χ2n) is 17.1. The van der Waals surface area contributed by atoms with Crippen LogP contribution in [0.3, 0.4) is 0 Å². The minimum Gasteiger partial charge on any atom is -0.309 e. The molecule has 0 bridgehead atoms. The third-order valence-corrected chi connectivity index (χ3v) is 13.4. The lowest BCUT2D eigenvalue weighted by molar-refractivity contribution is 0.825. The Morgan fingerprint density at radius 1 is 0.394 bits per heavy atom. The highest BCUT2D eigenvalue weighted by Crippen LogP contribution is 2.45. The normalized spacial score (nSPS) is 13.2. The van der Waals surface area contributed by atoms with Gasteiger partial charge in [0.05, 0.1) is 51.2 Å². The van der Waals surface area contributed by atoms with Gasteiger partial charge in [-0.15, -0.1) is 0 Å². The van der Waals surface area contributed by atoms with E-state index in [1.807, 2.05) is 36.4 Å². The second kappa shape index (κ2) is 16.0. The first-order valence-corrected chi connectivity index (χ1v) is 22.4. The molecule has 66 heavy (non-hydrogen) atoms. The van der Waals surface area contributed by atoms with Crippen molar-refractivity contribution >= 4 is 38.8 Å². The quantitative estimate of drug-likeness (QED) is 0.160. The average Bonchev–Trinajstić information content (AvgIpc) is 3.90. The van der Waals surface area contributed by atoms with Crippen molar-refractivity contribution < 1.29 is 0 Å². The first kappa shape index (κ1) is 38.7. The summed E-state index contributed by atoms with van der Waals surface area (Å²) in [6, 6.07) is 79.5. The van der Waals surface area contributed by atoms with Crippen LogP contribution >= 0.6 is 0 Å². The van der Waals surface area contributed by atoms with Crippen LogP contribution in [0, 0.1) is 22.7 Å². The molecule has 0 fully saturated rings. The molecule has 1 unspecified atom stereocenters. The summed E-state index contributed by atoms with van der Waals surface area (Å²) in [7, 11) is 0. The summed E-state index contributed by atoms with van der Waals surface area (Å²) >= 11 is 0. The van der Waals surface area contributed by atoms with Gasteiger partial charge in [-0.3, -0.25) is 0 Å². The predicted molar refractivity (Wildman–Crippen MR) is 271 cm³/mol. The lowest BCUT2D eigenvalue weighted by Gasteiger charge is -2.22. The van der Waals surface area contributed by atoms with Crippen LogP contribution in [-0.2, 0) is 6.42 Å². The summed E-state index contributed by atoms with van der Waals surface area (Å²) in [5.41, 5.74) is 18.5. The monoisotopic (exact) mass is 840 g/mol. The van der Waals surface area contributed by atoms with Gasteiger partial charge in [-0.2, -0.15) is 10.5 Å². The van der Waals surface area contributed by atoms with Gasteiger partial charge >= 0.3 is 0 Å². The Balaban J connectivity index is 1.12. The third kappa shape index (κ3) is 6.52. The van der Waals surface area contributed by atoms with Crippen LogP contribution in [0.4, 0.5) is 0 Å². The number of nitriles is 2. The Hall–Kier alpha value is -8.96. The highest BCUT2D eigenvalue weighted by molar-refractivity contribution is 6.12. The Morgan fingerprint density at radius 2 is 0.879 bits per heavy atom. The van der Waals surface area contributed by atoms with E-state index < -0.39 is 0 Å². The van der Waals surface area contributed by atoms with E-state index in [4.69, 9.17) is 0 Å². The predicted octanol–water partition coefficient (Wildman–Crippen LogP) is 15.5. The Bertz CT molecular complexity index is 3690. The van der Waals surface area contributed by atoms with Gasteiger partial charge in [0.15, 0.2) is 0 Å². The lowest BCUT2D eigenvalue weighted by atomic mass is 9.86. The molecule has 2 aromatic heterocycles. The maximum Gasteiger partial charge on any atom is 0.0992 e. The second-order valence-corrected chi connectivity index (χ2v) is 17.1. The van der Waals surface area contributed by atoms with E-state index in [0.717, 1.165) is 84.2 Å². The van der Waals surface area contributed by atoms with Crippen LogP contribution in [0.25, 0.3) is 94.7 Å². The molecule has 1 aliphatic rings. The van der Waals surface area contributed by atoms with Crippen molar-refractivity contribution in [3.05, 3.63) is 246 Å². The summed E-state index contributed by atoms with van der Waals surface area (Å²) in [6.07, 6.45) is 5.48. The smallest absolute Gasteiger partial charge is 0.0992 e. The Kier molecular flexibility index (Phi) is 9.37. The minimum atomic E-state index is 0.226. The summed E-state index contributed by atoms with van der Waals surface area (Å²) in [5, 5.41) is 24.4. The zero-order valence-corrected chi connectivity index (χ0v) is 35.9. The molecule has 0 amide bonds. The van der Waals surface area contributed by atoms with Crippen molar-refractivity contribution in [2.45, 2.75) is 12.3 Å². The zero-order chi connectivity index (χ0) is 44.1. The Morgan fingerprint density at radius 3 is 1.42 bits per heavy atom. The summed E-state index contributed by atoms with van der Waals surface area (Å²) in [4.78, 5) is 0. The molecule has 2 heterocycles. The van der Waals surface area contributed by atoms with Crippen LogP contribution < -0.4 is 0 Å². The van der Waals surface area contributed by atoms with Gasteiger partial charge in [-0.05, 0) is 124 Å². The van der Waals surface area contributed by atoms with E-state index in [2.05, 4.69) is 209 Å². The molecule has 9 aromatic carbocycles. The molecule has 4 nitrogen and oxygen atoms in total. The summed E-state index contributed by atoms with van der Waals surface area (Å²) in [5.74, 6) is 0.226. The van der Waals surface area contributed by atoms with Crippen molar-refractivity contribution in [1.29, 1.82) is 10.5 Å². The minimum absolute atomic E-state index is 0.226. The summed E-state index contributed by atoms with van der Waals surface area (Å²) in [6.45, 7) is 0. The van der Waals surface area contributed by atoms with Crippen molar-refractivity contribution in [3.8, 4) is 68.0 Å². The SMILES string of the molecule is N#Cc1ccc(-n2c3c(c4cc(-c5ccccc5)ccc42)CC(c2ccccc2)C=C3)c(-c2ccc(C#N)cc2-n2c3ccc(-c4ccccc4)cc3c3cc(-c4ccccc4)ccc32)c1. The van der Waals surface area contributed by atoms with Gasteiger partial charge in [0.2, 0.25) is 0 Å². The molecule has 0 spiro atoms. The average molecular weight is 841 g/mol. The number of benzene rings is 9. The molecule has 4 heteroatoms. The molecule has 11 aromatic rings. The van der Waals surface area contributed by atoms with Crippen molar-refractivity contribution in [2.24, 2.45) is 0 Å². The number of nitrogens with zero attached hydrogens (tertiary/aromatic N) is 4. The van der Waals surface area contributed by atoms with Crippen molar-refractivity contribution in [3.63, 3.8) is 0 Å². The molecule has 0 radical (unpaired) electrons. The molecule has 1 aliphatic carbocycles. The number of fused-ring (bicyclic) bond motifs is 6. The lowest BCUT2D eigenvalue weighted by Crippen LogP contribution is -2.08. The number of aromatic nitrogens is 2. The molecular formula is C62H40N4. The molecule has 0 saturated heterocycles.